The minimum atomic E-state index is -0.757. The Bertz CT molecular complexity index is 1290. The second kappa shape index (κ2) is 8.83. The summed E-state index contributed by atoms with van der Waals surface area (Å²) in [4.78, 5) is 31.2. The first-order valence-corrected chi connectivity index (χ1v) is 11.0. The Balaban J connectivity index is 2.03. The molecule has 1 atom stereocenters. The summed E-state index contributed by atoms with van der Waals surface area (Å²) in [6, 6.07) is 9.94. The molecule has 2 heterocycles. The highest BCUT2D eigenvalue weighted by atomic mass is 35.5. The first kappa shape index (κ1) is 22.7. The number of hydrogen-bond acceptors (Lipinski definition) is 5. The first-order valence-electron chi connectivity index (χ1n) is 10.6. The SMILES string of the molecule is CCCN1C(=O)C(=O)/C(=C(/O)c2cc(OC)c(Cl)cc2OC)C1c1c(C)[nH]c2ccccc12. The molecule has 8 heteroatoms. The molecule has 0 spiro atoms. The Morgan fingerprint density at radius 1 is 1.15 bits per heavy atom. The summed E-state index contributed by atoms with van der Waals surface area (Å²) in [7, 11) is 2.89. The number of aromatic amines is 1. The van der Waals surface area contributed by atoms with Crippen LogP contribution in [0, 0.1) is 6.92 Å². The Kier molecular flexibility index (Phi) is 6.08. The zero-order valence-electron chi connectivity index (χ0n) is 18.9. The topological polar surface area (TPSA) is 91.9 Å². The van der Waals surface area contributed by atoms with E-state index in [9.17, 15) is 14.7 Å². The normalized spacial score (nSPS) is 17.7. The highest BCUT2D eigenvalue weighted by Crippen LogP contribution is 2.45. The summed E-state index contributed by atoms with van der Waals surface area (Å²) in [5.74, 6) is -1.16. The predicted octanol–water partition coefficient (Wildman–Crippen LogP) is 4.98. The van der Waals surface area contributed by atoms with Crippen LogP contribution in [0.2, 0.25) is 5.02 Å². The number of nitrogens with one attached hydrogen (secondary N) is 1. The Morgan fingerprint density at radius 2 is 1.85 bits per heavy atom. The fraction of sp³-hybridized carbons (Fsp3) is 0.280. The third-order valence-corrected chi connectivity index (χ3v) is 6.25. The molecule has 33 heavy (non-hydrogen) atoms. The molecule has 4 rings (SSSR count). The third-order valence-electron chi connectivity index (χ3n) is 5.95. The molecule has 172 valence electrons. The van der Waals surface area contributed by atoms with Crippen LogP contribution in [-0.2, 0) is 9.59 Å². The molecule has 1 aliphatic heterocycles. The van der Waals surface area contributed by atoms with Crippen LogP contribution in [0.3, 0.4) is 0 Å². The number of carbonyl (C=O) groups excluding carboxylic acids is 2. The molecule has 2 aromatic carbocycles. The number of aliphatic hydroxyl groups excluding tert-OH is 1. The van der Waals surface area contributed by atoms with Gasteiger partial charge in [-0.2, -0.15) is 0 Å². The van der Waals surface area contributed by atoms with Gasteiger partial charge in [-0.25, -0.2) is 0 Å². The first-order chi connectivity index (χ1) is 15.8. The lowest BCUT2D eigenvalue weighted by Gasteiger charge is -2.25. The van der Waals surface area contributed by atoms with E-state index in [0.717, 1.165) is 22.2 Å². The lowest BCUT2D eigenvalue weighted by molar-refractivity contribution is -0.139. The molecular weight excluding hydrogens is 444 g/mol. The minimum Gasteiger partial charge on any atom is -0.507 e. The van der Waals surface area contributed by atoms with Crippen LogP contribution in [0.15, 0.2) is 42.0 Å². The van der Waals surface area contributed by atoms with Gasteiger partial charge in [0.15, 0.2) is 0 Å². The second-order valence-corrected chi connectivity index (χ2v) is 8.30. The van der Waals surface area contributed by atoms with Crippen molar-refractivity contribution in [2.24, 2.45) is 0 Å². The molecule has 1 unspecified atom stereocenters. The number of ether oxygens (including phenoxy) is 2. The number of amides is 1. The third kappa shape index (κ3) is 3.62. The van der Waals surface area contributed by atoms with Gasteiger partial charge in [0.2, 0.25) is 0 Å². The number of benzene rings is 2. The Labute approximate surface area is 196 Å². The fourth-order valence-corrected chi connectivity index (χ4v) is 4.72. The molecule has 7 nitrogen and oxygen atoms in total. The smallest absolute Gasteiger partial charge is 0.295 e. The molecule has 2 N–H and O–H groups in total. The number of fused-ring (bicyclic) bond motifs is 1. The monoisotopic (exact) mass is 468 g/mol. The summed E-state index contributed by atoms with van der Waals surface area (Å²) in [5, 5.41) is 12.6. The Hall–Kier alpha value is -3.45. The van der Waals surface area contributed by atoms with Crippen LogP contribution in [0.4, 0.5) is 0 Å². The van der Waals surface area contributed by atoms with E-state index in [1.807, 2.05) is 38.1 Å². The molecular formula is C25H25ClN2O5. The van der Waals surface area contributed by atoms with Crippen molar-refractivity contribution < 1.29 is 24.2 Å². The molecule has 1 aliphatic rings. The number of ketones is 1. The molecule has 3 aromatic rings. The van der Waals surface area contributed by atoms with E-state index in [-0.39, 0.29) is 22.6 Å². The number of aliphatic hydroxyl groups is 1. The van der Waals surface area contributed by atoms with Crippen LogP contribution in [0.1, 0.15) is 36.2 Å². The molecule has 0 saturated carbocycles. The average molecular weight is 469 g/mol. The summed E-state index contributed by atoms with van der Waals surface area (Å²) in [6.45, 7) is 4.20. The number of methoxy groups -OCH3 is 2. The summed E-state index contributed by atoms with van der Waals surface area (Å²) >= 11 is 6.22. The van der Waals surface area contributed by atoms with Crippen LogP contribution < -0.4 is 9.47 Å². The lowest BCUT2D eigenvalue weighted by Crippen LogP contribution is -2.30. The average Bonchev–Trinajstić information content (AvgIpc) is 3.26. The molecule has 1 saturated heterocycles. The van der Waals surface area contributed by atoms with Crippen LogP contribution in [-0.4, -0.2) is 47.4 Å². The van der Waals surface area contributed by atoms with E-state index in [1.165, 1.54) is 31.3 Å². The van der Waals surface area contributed by atoms with Crippen LogP contribution >= 0.6 is 11.6 Å². The number of carbonyl (C=O) groups is 2. The van der Waals surface area contributed by atoms with Crippen molar-refractivity contribution in [1.82, 2.24) is 9.88 Å². The Morgan fingerprint density at radius 3 is 2.52 bits per heavy atom. The van der Waals surface area contributed by atoms with Crippen molar-refractivity contribution in [3.05, 3.63) is 63.8 Å². The summed E-state index contributed by atoms with van der Waals surface area (Å²) in [5.41, 5.74) is 2.70. The number of likely N-dealkylation sites (tertiary alicyclic amines) is 1. The van der Waals surface area contributed by atoms with Gasteiger partial charge in [0.25, 0.3) is 11.7 Å². The van der Waals surface area contributed by atoms with E-state index in [0.29, 0.717) is 23.7 Å². The second-order valence-electron chi connectivity index (χ2n) is 7.89. The number of H-pyrrole nitrogens is 1. The van der Waals surface area contributed by atoms with E-state index >= 15 is 0 Å². The van der Waals surface area contributed by atoms with Crippen LogP contribution in [0.5, 0.6) is 11.5 Å². The van der Waals surface area contributed by atoms with Crippen molar-refractivity contribution in [2.45, 2.75) is 26.3 Å². The quantitative estimate of drug-likeness (QED) is 0.302. The van der Waals surface area contributed by atoms with Crippen molar-refractivity contribution in [3.63, 3.8) is 0 Å². The van der Waals surface area contributed by atoms with Gasteiger partial charge in [-0.1, -0.05) is 36.7 Å². The number of aryl methyl sites for hydroxylation is 1. The molecule has 0 aliphatic carbocycles. The van der Waals surface area contributed by atoms with Gasteiger partial charge < -0.3 is 24.5 Å². The number of Topliss-reactive ketones (excluding diaryl/α,β-unsaturated/α-hetero) is 1. The standard InChI is InChI=1S/C25H25ClN2O5/c1-5-10-28-22(20-13(2)27-17-9-7-6-8-14(17)20)21(24(30)25(28)31)23(29)15-11-19(33-4)16(26)12-18(15)32-3/h6-9,11-12,22,27,29H,5,10H2,1-4H3/b23-21+. The van der Waals surface area contributed by atoms with E-state index in [1.54, 1.807) is 0 Å². The largest absolute Gasteiger partial charge is 0.507 e. The zero-order valence-corrected chi connectivity index (χ0v) is 19.6. The fourth-order valence-electron chi connectivity index (χ4n) is 4.49. The van der Waals surface area contributed by atoms with Gasteiger partial charge in [-0.05, 0) is 25.5 Å². The van der Waals surface area contributed by atoms with E-state index in [2.05, 4.69) is 4.98 Å². The van der Waals surface area contributed by atoms with Gasteiger partial charge in [0, 0.05) is 34.8 Å². The number of nitrogens with zero attached hydrogens (tertiary/aromatic N) is 1. The minimum absolute atomic E-state index is 0.00368. The molecule has 1 amide bonds. The number of halogens is 1. The molecule has 0 bridgehead atoms. The number of rotatable bonds is 6. The van der Waals surface area contributed by atoms with Crippen molar-refractivity contribution in [3.8, 4) is 11.5 Å². The molecule has 1 aromatic heterocycles. The van der Waals surface area contributed by atoms with Crippen molar-refractivity contribution in [1.29, 1.82) is 0 Å². The van der Waals surface area contributed by atoms with E-state index in [4.69, 9.17) is 21.1 Å². The molecule has 1 fully saturated rings. The number of para-hydroxylation sites is 1. The van der Waals surface area contributed by atoms with Crippen molar-refractivity contribution >= 4 is 40.0 Å². The maximum Gasteiger partial charge on any atom is 0.295 e. The highest BCUT2D eigenvalue weighted by molar-refractivity contribution is 6.46. The van der Waals surface area contributed by atoms with E-state index < -0.39 is 17.7 Å². The van der Waals surface area contributed by atoms with Gasteiger partial charge in [-0.15, -0.1) is 0 Å². The summed E-state index contributed by atoms with van der Waals surface area (Å²) in [6.07, 6.45) is 0.656. The zero-order chi connectivity index (χ0) is 23.9. The van der Waals surface area contributed by atoms with Gasteiger partial charge in [0.1, 0.15) is 17.3 Å². The van der Waals surface area contributed by atoms with Crippen molar-refractivity contribution in [2.75, 3.05) is 20.8 Å². The highest BCUT2D eigenvalue weighted by Gasteiger charge is 2.47. The summed E-state index contributed by atoms with van der Waals surface area (Å²) < 4.78 is 10.7. The predicted molar refractivity (Wildman–Crippen MR) is 127 cm³/mol. The number of hydrogen-bond donors (Lipinski definition) is 2. The number of aromatic nitrogens is 1. The maximum atomic E-state index is 13.3. The maximum absolute atomic E-state index is 13.3. The van der Waals surface area contributed by atoms with Gasteiger partial charge in [-0.3, -0.25) is 9.59 Å². The van der Waals surface area contributed by atoms with Crippen LogP contribution in [0.25, 0.3) is 16.7 Å². The lowest BCUT2D eigenvalue weighted by atomic mass is 9.93. The van der Waals surface area contributed by atoms with Gasteiger partial charge >= 0.3 is 0 Å². The molecule has 0 radical (unpaired) electrons. The van der Waals surface area contributed by atoms with Gasteiger partial charge in [0.05, 0.1) is 36.4 Å².